The SMILES string of the molecule is F.F.[NaH].[Zr]. The molecular weight excluding hydrogens is 152 g/mol. The van der Waals surface area contributed by atoms with E-state index < -0.39 is 0 Å². The number of rotatable bonds is 0. The van der Waals surface area contributed by atoms with Gasteiger partial charge in [-0.25, -0.2) is 0 Å². The monoisotopic (exact) mass is 154 g/mol. The summed E-state index contributed by atoms with van der Waals surface area (Å²) in [4.78, 5) is 0. The molecule has 0 aromatic rings. The molecule has 0 rings (SSSR count). The molecule has 0 bridgehead atoms. The molecule has 0 atom stereocenters. The first-order valence-corrected chi connectivity index (χ1v) is 0. The van der Waals surface area contributed by atoms with Crippen LogP contribution in [-0.2, 0) is 26.2 Å². The first-order chi connectivity index (χ1) is 0. The number of halogens is 2. The van der Waals surface area contributed by atoms with Gasteiger partial charge in [-0.3, -0.25) is 9.41 Å². The fourth-order valence-corrected chi connectivity index (χ4v) is 0. The van der Waals surface area contributed by atoms with Crippen LogP contribution in [0.1, 0.15) is 0 Å². The van der Waals surface area contributed by atoms with E-state index in [9.17, 15) is 0 Å². The molecule has 4 heteroatoms. The summed E-state index contributed by atoms with van der Waals surface area (Å²) in [6.45, 7) is 0. The van der Waals surface area contributed by atoms with Crippen LogP contribution in [0.5, 0.6) is 0 Å². The minimum atomic E-state index is 0. The number of hydrogen-bond acceptors (Lipinski definition) is 0. The van der Waals surface area contributed by atoms with Crippen LogP contribution in [0.25, 0.3) is 0 Å². The van der Waals surface area contributed by atoms with E-state index in [1.165, 1.54) is 0 Å². The summed E-state index contributed by atoms with van der Waals surface area (Å²) >= 11 is 0. The zero-order valence-electron chi connectivity index (χ0n) is 1.32. The molecule has 22 valence electrons. The zero-order chi connectivity index (χ0) is 0. The molecule has 0 nitrogen and oxygen atoms in total. The van der Waals surface area contributed by atoms with Crippen molar-refractivity contribution in [3.63, 3.8) is 0 Å². The van der Waals surface area contributed by atoms with Crippen molar-refractivity contribution in [3.8, 4) is 0 Å². The molecular formula is H3F2NaZr. The van der Waals surface area contributed by atoms with E-state index in [0.717, 1.165) is 0 Å². The van der Waals surface area contributed by atoms with Crippen LogP contribution in [0.3, 0.4) is 0 Å². The van der Waals surface area contributed by atoms with Crippen LogP contribution in [0.2, 0.25) is 0 Å². The summed E-state index contributed by atoms with van der Waals surface area (Å²) in [5.74, 6) is 0. The standard InChI is InChI=1S/2FH.Na.Zr.H/h2*1H;;;. The van der Waals surface area contributed by atoms with Crippen LogP contribution < -0.4 is 0 Å². The Morgan fingerprint density at radius 1 is 0.750 bits per heavy atom. The summed E-state index contributed by atoms with van der Waals surface area (Å²) in [6.07, 6.45) is 0. The summed E-state index contributed by atoms with van der Waals surface area (Å²) in [7, 11) is 0. The van der Waals surface area contributed by atoms with Gasteiger partial charge in [-0.15, -0.1) is 0 Å². The van der Waals surface area contributed by atoms with Crippen molar-refractivity contribution >= 4 is 29.6 Å². The maximum atomic E-state index is 0. The van der Waals surface area contributed by atoms with E-state index >= 15 is 0 Å². The van der Waals surface area contributed by atoms with Gasteiger partial charge in [0.25, 0.3) is 0 Å². The van der Waals surface area contributed by atoms with Crippen LogP contribution in [0.15, 0.2) is 0 Å². The molecule has 0 aliphatic heterocycles. The molecule has 0 aromatic heterocycles. The Balaban J connectivity index is 0. The van der Waals surface area contributed by atoms with Crippen molar-refractivity contribution in [3.05, 3.63) is 0 Å². The van der Waals surface area contributed by atoms with Crippen molar-refractivity contribution in [1.29, 1.82) is 0 Å². The molecule has 0 N–H and O–H groups in total. The average Bonchev–Trinajstić information content (AvgIpc) is 0. The molecule has 0 radical (unpaired) electrons. The molecule has 0 aliphatic carbocycles. The Morgan fingerprint density at radius 3 is 0.750 bits per heavy atom. The molecule has 0 aliphatic rings. The molecule has 0 amide bonds. The quantitative estimate of drug-likeness (QED) is 0.420. The van der Waals surface area contributed by atoms with Crippen molar-refractivity contribution < 1.29 is 35.6 Å². The normalized spacial score (nSPS) is 0. The van der Waals surface area contributed by atoms with Crippen LogP contribution in [0.4, 0.5) is 9.41 Å². The first kappa shape index (κ1) is 42.5. The zero-order valence-corrected chi connectivity index (χ0v) is 3.77. The maximum absolute atomic E-state index is 0. The summed E-state index contributed by atoms with van der Waals surface area (Å²) in [5, 5.41) is 0. The second kappa shape index (κ2) is 21.9. The summed E-state index contributed by atoms with van der Waals surface area (Å²) in [5.41, 5.74) is 0. The van der Waals surface area contributed by atoms with Gasteiger partial charge in [0.15, 0.2) is 0 Å². The van der Waals surface area contributed by atoms with E-state index in [1.807, 2.05) is 0 Å². The van der Waals surface area contributed by atoms with E-state index in [-0.39, 0.29) is 65.2 Å². The van der Waals surface area contributed by atoms with Gasteiger partial charge in [0.2, 0.25) is 0 Å². The van der Waals surface area contributed by atoms with Gasteiger partial charge in [0.05, 0.1) is 0 Å². The topological polar surface area (TPSA) is 0 Å². The molecule has 0 fully saturated rings. The fourth-order valence-electron chi connectivity index (χ4n) is 0. The molecule has 0 saturated carbocycles. The molecule has 0 saturated heterocycles. The minimum absolute atomic E-state index is 0. The smallest absolute Gasteiger partial charge is 0 e. The molecule has 0 aromatic carbocycles. The summed E-state index contributed by atoms with van der Waals surface area (Å²) < 4.78 is 0. The Hall–Kier alpha value is 1.74. The van der Waals surface area contributed by atoms with Crippen LogP contribution >= 0.6 is 0 Å². The molecule has 4 heavy (non-hydrogen) atoms. The fraction of sp³-hybridized carbons (Fsp3) is 0. The van der Waals surface area contributed by atoms with Crippen LogP contribution in [-0.4, -0.2) is 29.6 Å². The van der Waals surface area contributed by atoms with Gasteiger partial charge < -0.3 is 0 Å². The van der Waals surface area contributed by atoms with Crippen molar-refractivity contribution in [2.45, 2.75) is 0 Å². The van der Waals surface area contributed by atoms with Gasteiger partial charge in [0.1, 0.15) is 0 Å². The molecule has 0 unspecified atom stereocenters. The minimum Gasteiger partial charge on any atom is 0 e. The second-order valence-corrected chi connectivity index (χ2v) is 0. The summed E-state index contributed by atoms with van der Waals surface area (Å²) in [6, 6.07) is 0. The predicted molar refractivity (Wildman–Crippen MR) is 12.2 cm³/mol. The van der Waals surface area contributed by atoms with Crippen molar-refractivity contribution in [1.82, 2.24) is 0 Å². The third-order valence-electron chi connectivity index (χ3n) is 0. The van der Waals surface area contributed by atoms with Gasteiger partial charge in [-0.2, -0.15) is 0 Å². The Bertz CT molecular complexity index is 6.00. The number of hydrogen-bond donors (Lipinski definition) is 0. The van der Waals surface area contributed by atoms with Crippen molar-refractivity contribution in [2.24, 2.45) is 0 Å². The van der Waals surface area contributed by atoms with Crippen molar-refractivity contribution in [2.75, 3.05) is 0 Å². The maximum Gasteiger partial charge on any atom is 0 e. The van der Waals surface area contributed by atoms with Crippen LogP contribution in [0, 0.1) is 0 Å². The van der Waals surface area contributed by atoms with E-state index in [0.29, 0.717) is 0 Å². The predicted octanol–water partition coefficient (Wildman–Crippen LogP) is -0.346. The largest absolute Gasteiger partial charge is 0 e. The van der Waals surface area contributed by atoms with Gasteiger partial charge in [-0.05, 0) is 0 Å². The first-order valence-electron chi connectivity index (χ1n) is 0. The third-order valence-corrected chi connectivity index (χ3v) is 0. The Kier molecular flexibility index (Phi) is 233. The molecule has 0 heterocycles. The van der Waals surface area contributed by atoms with E-state index in [4.69, 9.17) is 0 Å². The van der Waals surface area contributed by atoms with Gasteiger partial charge in [0, 0.05) is 26.2 Å². The molecule has 0 spiro atoms. The van der Waals surface area contributed by atoms with E-state index in [2.05, 4.69) is 0 Å². The van der Waals surface area contributed by atoms with Gasteiger partial charge in [-0.1, -0.05) is 0 Å². The average molecular weight is 155 g/mol. The van der Waals surface area contributed by atoms with Gasteiger partial charge >= 0.3 is 29.6 Å². The van der Waals surface area contributed by atoms with E-state index in [1.54, 1.807) is 0 Å². The third kappa shape index (κ3) is 9.27. The second-order valence-electron chi connectivity index (χ2n) is 0. The Labute approximate surface area is 64.5 Å². The Morgan fingerprint density at radius 2 is 0.750 bits per heavy atom.